The third kappa shape index (κ3) is 8.37. The van der Waals surface area contributed by atoms with E-state index in [-0.39, 0.29) is 53.9 Å². The van der Waals surface area contributed by atoms with Crippen molar-refractivity contribution in [3.8, 4) is 23.8 Å². The molecule has 2 aromatic carbocycles. The highest BCUT2D eigenvalue weighted by Gasteiger charge is 2.15. The van der Waals surface area contributed by atoms with E-state index in [0.717, 1.165) is 11.1 Å². The molecular formula is C22H21Cl5O5. The van der Waals surface area contributed by atoms with E-state index in [1.54, 1.807) is 24.3 Å². The van der Waals surface area contributed by atoms with E-state index in [4.69, 9.17) is 78.6 Å². The number of halogens is 5. The van der Waals surface area contributed by atoms with Crippen LogP contribution < -0.4 is 9.47 Å². The predicted molar refractivity (Wildman–Crippen MR) is 129 cm³/mol. The summed E-state index contributed by atoms with van der Waals surface area (Å²) in [5, 5.41) is 20.6. The highest BCUT2D eigenvalue weighted by atomic mass is 35.5. The SMILES string of the molecule is C#CCOC[C@H](O)COc1c(Cl)cc(Cc2cc(Cl)c(OC[C@H](O)CCl)c(Cl)c2)cc1Cl. The summed E-state index contributed by atoms with van der Waals surface area (Å²) in [5.74, 6) is 2.87. The minimum Gasteiger partial charge on any atom is -0.488 e. The van der Waals surface area contributed by atoms with Crippen molar-refractivity contribution in [2.75, 3.05) is 32.3 Å². The average molecular weight is 543 g/mol. The molecule has 0 aliphatic carbocycles. The van der Waals surface area contributed by atoms with Crippen LogP contribution in [-0.2, 0) is 11.2 Å². The molecule has 0 aromatic heterocycles. The van der Waals surface area contributed by atoms with E-state index >= 15 is 0 Å². The molecule has 0 heterocycles. The molecule has 32 heavy (non-hydrogen) atoms. The fraction of sp³-hybridized carbons (Fsp3) is 0.364. The van der Waals surface area contributed by atoms with Crippen molar-refractivity contribution >= 4 is 58.0 Å². The van der Waals surface area contributed by atoms with Gasteiger partial charge >= 0.3 is 0 Å². The Kier molecular flexibility index (Phi) is 11.5. The molecule has 2 rings (SSSR count). The van der Waals surface area contributed by atoms with Crippen LogP contribution in [0.4, 0.5) is 0 Å². The van der Waals surface area contributed by atoms with Crippen LogP contribution in [0, 0.1) is 12.3 Å². The van der Waals surface area contributed by atoms with Gasteiger partial charge in [-0.15, -0.1) is 18.0 Å². The first kappa shape index (κ1) is 27.2. The van der Waals surface area contributed by atoms with Gasteiger partial charge in [-0.25, -0.2) is 0 Å². The van der Waals surface area contributed by atoms with E-state index in [0.29, 0.717) is 16.5 Å². The molecule has 10 heteroatoms. The van der Waals surface area contributed by atoms with E-state index in [1.165, 1.54) is 0 Å². The number of ether oxygens (including phenoxy) is 3. The van der Waals surface area contributed by atoms with Crippen molar-refractivity contribution in [1.82, 2.24) is 0 Å². The van der Waals surface area contributed by atoms with Crippen molar-refractivity contribution < 1.29 is 24.4 Å². The highest BCUT2D eigenvalue weighted by molar-refractivity contribution is 6.38. The van der Waals surface area contributed by atoms with Gasteiger partial charge in [0.05, 0.1) is 32.6 Å². The molecule has 0 spiro atoms. The predicted octanol–water partition coefficient (Wildman–Crippen LogP) is 5.26. The maximum absolute atomic E-state index is 9.86. The first-order valence-corrected chi connectivity index (χ1v) is 11.4. The fourth-order valence-corrected chi connectivity index (χ4v) is 4.02. The second-order valence-corrected chi connectivity index (χ2v) is 8.69. The van der Waals surface area contributed by atoms with Crippen molar-refractivity contribution in [2.45, 2.75) is 18.6 Å². The maximum Gasteiger partial charge on any atom is 0.156 e. The second kappa shape index (κ2) is 13.6. The number of terminal acetylenes is 1. The van der Waals surface area contributed by atoms with E-state index in [9.17, 15) is 10.2 Å². The first-order valence-electron chi connectivity index (χ1n) is 9.39. The summed E-state index contributed by atoms with van der Waals surface area (Å²) in [6.07, 6.45) is 3.81. The molecule has 0 amide bonds. The van der Waals surface area contributed by atoms with Crippen LogP contribution in [0.1, 0.15) is 11.1 Å². The number of hydrogen-bond donors (Lipinski definition) is 2. The Morgan fingerprint density at radius 2 is 1.22 bits per heavy atom. The van der Waals surface area contributed by atoms with Gasteiger partial charge in [-0.1, -0.05) is 52.3 Å². The monoisotopic (exact) mass is 540 g/mol. The fourth-order valence-electron chi connectivity index (χ4n) is 2.65. The number of hydrogen-bond acceptors (Lipinski definition) is 5. The number of rotatable bonds is 12. The molecule has 0 radical (unpaired) electrons. The Bertz CT molecular complexity index is 901. The van der Waals surface area contributed by atoms with Gasteiger partial charge in [0.2, 0.25) is 0 Å². The third-order valence-electron chi connectivity index (χ3n) is 4.04. The van der Waals surface area contributed by atoms with Gasteiger partial charge in [0, 0.05) is 0 Å². The maximum atomic E-state index is 9.86. The summed E-state index contributed by atoms with van der Waals surface area (Å²) < 4.78 is 16.1. The Morgan fingerprint density at radius 1 is 0.781 bits per heavy atom. The zero-order valence-electron chi connectivity index (χ0n) is 16.8. The molecular weight excluding hydrogens is 522 g/mol. The van der Waals surface area contributed by atoms with Crippen LogP contribution in [0.15, 0.2) is 24.3 Å². The lowest BCUT2D eigenvalue weighted by molar-refractivity contribution is 0.0229. The first-order chi connectivity index (χ1) is 15.2. The van der Waals surface area contributed by atoms with Crippen LogP contribution in [0.5, 0.6) is 11.5 Å². The molecule has 0 aliphatic heterocycles. The number of benzene rings is 2. The normalized spacial score (nSPS) is 12.8. The van der Waals surface area contributed by atoms with Gasteiger partial charge in [-0.05, 0) is 41.8 Å². The smallest absolute Gasteiger partial charge is 0.156 e. The third-order valence-corrected chi connectivity index (χ3v) is 5.52. The van der Waals surface area contributed by atoms with Gasteiger partial charge in [-0.2, -0.15) is 0 Å². The van der Waals surface area contributed by atoms with Crippen LogP contribution in [-0.4, -0.2) is 54.7 Å². The van der Waals surface area contributed by atoms with Gasteiger partial charge < -0.3 is 24.4 Å². The van der Waals surface area contributed by atoms with Crippen molar-refractivity contribution in [3.05, 3.63) is 55.5 Å². The minimum atomic E-state index is -0.884. The zero-order valence-corrected chi connectivity index (χ0v) is 20.6. The van der Waals surface area contributed by atoms with Crippen molar-refractivity contribution in [3.63, 3.8) is 0 Å². The van der Waals surface area contributed by atoms with E-state index in [1.807, 2.05) is 0 Å². The molecule has 0 saturated carbocycles. The molecule has 174 valence electrons. The quantitative estimate of drug-likeness (QED) is 0.218. The molecule has 0 bridgehead atoms. The molecule has 2 atom stereocenters. The number of alkyl halides is 1. The Labute approximate surface area is 212 Å². The summed E-state index contributed by atoms with van der Waals surface area (Å²) in [5.41, 5.74) is 1.59. The molecule has 2 N–H and O–H groups in total. The van der Waals surface area contributed by atoms with E-state index in [2.05, 4.69) is 5.92 Å². The van der Waals surface area contributed by atoms with Crippen LogP contribution >= 0.6 is 58.0 Å². The Morgan fingerprint density at radius 3 is 1.62 bits per heavy atom. The minimum absolute atomic E-state index is 0.0281. The standard InChI is InChI=1S/C22H21Cl5O5/c1-2-3-30-10-16(29)12-32-22-19(26)7-14(8-20(22)27)4-13-5-17(24)21(18(25)6-13)31-11-15(28)9-23/h1,5-8,15-16,28-29H,3-4,9-12H2/t15-,16+/m1/s1. The molecule has 0 saturated heterocycles. The second-order valence-electron chi connectivity index (χ2n) is 6.76. The lowest BCUT2D eigenvalue weighted by Gasteiger charge is -2.16. The average Bonchev–Trinajstić information content (AvgIpc) is 2.72. The van der Waals surface area contributed by atoms with Gasteiger partial charge in [0.15, 0.2) is 11.5 Å². The summed E-state index contributed by atoms with van der Waals surface area (Å²) in [4.78, 5) is 0. The number of aliphatic hydroxyl groups excluding tert-OH is 2. The molecule has 0 unspecified atom stereocenters. The topological polar surface area (TPSA) is 68.2 Å². The number of aliphatic hydroxyl groups is 2. The summed E-state index contributed by atoms with van der Waals surface area (Å²) in [7, 11) is 0. The Hall–Kier alpha value is -1.07. The molecule has 0 aliphatic rings. The van der Waals surface area contributed by atoms with Crippen molar-refractivity contribution in [1.29, 1.82) is 0 Å². The largest absolute Gasteiger partial charge is 0.488 e. The summed E-state index contributed by atoms with van der Waals surface area (Å²) >= 11 is 30.8. The summed E-state index contributed by atoms with van der Waals surface area (Å²) in [6, 6.07) is 6.81. The lowest BCUT2D eigenvalue weighted by atomic mass is 10.0. The zero-order chi connectivity index (χ0) is 23.7. The Balaban J connectivity index is 2.06. The molecule has 0 fully saturated rings. The van der Waals surface area contributed by atoms with Crippen molar-refractivity contribution in [2.24, 2.45) is 0 Å². The van der Waals surface area contributed by atoms with E-state index < -0.39 is 12.2 Å². The van der Waals surface area contributed by atoms with Gasteiger partial charge in [-0.3, -0.25) is 0 Å². The highest BCUT2D eigenvalue weighted by Crippen LogP contribution is 2.37. The van der Waals surface area contributed by atoms with Crippen LogP contribution in [0.25, 0.3) is 0 Å². The molecule has 5 nitrogen and oxygen atoms in total. The van der Waals surface area contributed by atoms with Gasteiger partial charge in [0.25, 0.3) is 0 Å². The lowest BCUT2D eigenvalue weighted by Crippen LogP contribution is -2.23. The van der Waals surface area contributed by atoms with Crippen LogP contribution in [0.3, 0.4) is 0 Å². The summed E-state index contributed by atoms with van der Waals surface area (Å²) in [6.45, 7) is 0.0432. The van der Waals surface area contributed by atoms with Crippen LogP contribution in [0.2, 0.25) is 20.1 Å². The van der Waals surface area contributed by atoms with Gasteiger partial charge in [0.1, 0.15) is 32.0 Å². The molecule has 2 aromatic rings.